The Morgan fingerprint density at radius 3 is 1.40 bits per heavy atom. The number of ether oxygens (including phenoxy) is 4. The Bertz CT molecular complexity index is 2010. The van der Waals surface area contributed by atoms with Crippen molar-refractivity contribution in [1.29, 1.82) is 0 Å². The van der Waals surface area contributed by atoms with Crippen molar-refractivity contribution in [3.63, 3.8) is 0 Å². The van der Waals surface area contributed by atoms with Crippen LogP contribution in [0.1, 0.15) is 13.8 Å². The van der Waals surface area contributed by atoms with Gasteiger partial charge in [0.15, 0.2) is 34.6 Å². The van der Waals surface area contributed by atoms with Gasteiger partial charge in [0.25, 0.3) is 11.8 Å². The summed E-state index contributed by atoms with van der Waals surface area (Å²) in [5.41, 5.74) is 2.20. The molecule has 0 saturated heterocycles. The van der Waals surface area contributed by atoms with Crippen LogP contribution in [0.15, 0.2) is 93.3 Å². The van der Waals surface area contributed by atoms with E-state index in [4.69, 9.17) is 42.1 Å². The Kier molecular flexibility index (Phi) is 13.4. The van der Waals surface area contributed by atoms with Crippen LogP contribution in [-0.2, 0) is 19.2 Å². The molecule has 0 aromatic heterocycles. The third kappa shape index (κ3) is 9.27. The fraction of sp³-hybridized carbons (Fsp3) is 0.222. The highest BCUT2D eigenvalue weighted by molar-refractivity contribution is 6.39. The van der Waals surface area contributed by atoms with Gasteiger partial charge in [0.05, 0.1) is 61.2 Å². The Morgan fingerprint density at radius 1 is 0.596 bits per heavy atom. The molecule has 0 fully saturated rings. The van der Waals surface area contributed by atoms with Gasteiger partial charge in [-0.15, -0.1) is 0 Å². The zero-order valence-corrected chi connectivity index (χ0v) is 30.4. The quantitative estimate of drug-likeness (QED) is 0.0905. The van der Waals surface area contributed by atoms with Gasteiger partial charge < -0.3 is 29.6 Å². The summed E-state index contributed by atoms with van der Waals surface area (Å²) in [4.78, 5) is 50.7. The van der Waals surface area contributed by atoms with Crippen molar-refractivity contribution in [1.82, 2.24) is 0 Å². The van der Waals surface area contributed by atoms with Gasteiger partial charge >= 0.3 is 0 Å². The van der Waals surface area contributed by atoms with Gasteiger partial charge in [-0.05, 0) is 67.9 Å². The number of azo groups is 2. The minimum atomic E-state index is -1.48. The van der Waals surface area contributed by atoms with E-state index in [1.54, 1.807) is 60.7 Å². The van der Waals surface area contributed by atoms with Crippen molar-refractivity contribution in [2.24, 2.45) is 20.5 Å². The van der Waals surface area contributed by atoms with Gasteiger partial charge in [0.1, 0.15) is 0 Å². The highest BCUT2D eigenvalue weighted by Gasteiger charge is 2.26. The lowest BCUT2D eigenvalue weighted by Gasteiger charge is -2.15. The molecule has 2 amide bonds. The summed E-state index contributed by atoms with van der Waals surface area (Å²) in [6.45, 7) is 2.45. The third-order valence-electron chi connectivity index (χ3n) is 7.35. The number of carbonyl (C=O) groups excluding carboxylic acids is 4. The van der Waals surface area contributed by atoms with E-state index in [-0.39, 0.29) is 32.9 Å². The summed E-state index contributed by atoms with van der Waals surface area (Å²) in [7, 11) is 5.77. The molecule has 0 saturated carbocycles. The van der Waals surface area contributed by atoms with Gasteiger partial charge in [0.2, 0.25) is 12.1 Å². The number of ketones is 2. The second-order valence-corrected chi connectivity index (χ2v) is 11.7. The number of hydrogen-bond donors (Lipinski definition) is 2. The van der Waals surface area contributed by atoms with Crippen LogP contribution in [0.5, 0.6) is 23.0 Å². The molecule has 16 heteroatoms. The number of para-hydroxylation sites is 2. The van der Waals surface area contributed by atoms with E-state index in [9.17, 15) is 19.2 Å². The van der Waals surface area contributed by atoms with Gasteiger partial charge in [-0.2, -0.15) is 20.5 Å². The van der Waals surface area contributed by atoms with Crippen LogP contribution < -0.4 is 29.6 Å². The molecule has 2 unspecified atom stereocenters. The lowest BCUT2D eigenvalue weighted by atomic mass is 10.0. The van der Waals surface area contributed by atoms with Gasteiger partial charge in [-0.3, -0.25) is 19.2 Å². The zero-order valence-electron chi connectivity index (χ0n) is 28.9. The number of carbonyl (C=O) groups is 4. The lowest BCUT2D eigenvalue weighted by molar-refractivity contribution is -0.127. The Morgan fingerprint density at radius 2 is 1.02 bits per heavy atom. The number of Topliss-reactive ketones (excluding diaryl/α,β-unsaturated/α-hetero) is 2. The van der Waals surface area contributed by atoms with Gasteiger partial charge in [-0.25, -0.2) is 0 Å². The molecule has 52 heavy (non-hydrogen) atoms. The molecule has 0 radical (unpaired) electrons. The molecule has 0 aliphatic rings. The van der Waals surface area contributed by atoms with E-state index in [1.807, 2.05) is 0 Å². The number of nitrogens with zero attached hydrogens (tertiary/aromatic N) is 4. The van der Waals surface area contributed by atoms with Crippen LogP contribution in [-0.4, -0.2) is 63.9 Å². The predicted octanol–water partition coefficient (Wildman–Crippen LogP) is 8.05. The number of methoxy groups -OCH3 is 4. The summed E-state index contributed by atoms with van der Waals surface area (Å²) < 4.78 is 21.2. The average molecular weight is 750 g/mol. The maximum absolute atomic E-state index is 13.0. The van der Waals surface area contributed by atoms with Crippen LogP contribution >= 0.6 is 23.2 Å². The normalized spacial score (nSPS) is 12.2. The number of benzene rings is 4. The highest BCUT2D eigenvalue weighted by Crippen LogP contribution is 2.39. The van der Waals surface area contributed by atoms with Crippen molar-refractivity contribution in [2.75, 3.05) is 39.1 Å². The second kappa shape index (κ2) is 17.9. The van der Waals surface area contributed by atoms with Crippen molar-refractivity contribution in [3.8, 4) is 34.1 Å². The van der Waals surface area contributed by atoms with Crippen molar-refractivity contribution >= 4 is 69.3 Å². The van der Waals surface area contributed by atoms with Crippen molar-refractivity contribution < 1.29 is 38.1 Å². The number of nitrogens with one attached hydrogen (secondary N) is 2. The molecule has 2 atom stereocenters. The molecule has 4 aromatic carbocycles. The largest absolute Gasteiger partial charge is 0.493 e. The van der Waals surface area contributed by atoms with E-state index in [2.05, 4.69) is 31.1 Å². The van der Waals surface area contributed by atoms with E-state index in [1.165, 1.54) is 54.4 Å². The molecule has 2 N–H and O–H groups in total. The zero-order chi connectivity index (χ0) is 37.9. The van der Waals surface area contributed by atoms with Crippen molar-refractivity contribution in [3.05, 3.63) is 82.8 Å². The van der Waals surface area contributed by atoms with Gasteiger partial charge in [-0.1, -0.05) is 47.5 Å². The van der Waals surface area contributed by atoms with Crippen LogP contribution in [0.2, 0.25) is 10.0 Å². The first-order valence-electron chi connectivity index (χ1n) is 15.4. The molecule has 14 nitrogen and oxygen atoms in total. The SMILES string of the molecule is COc1cccc(NC(=O)C(N=Nc2ccc(-c3c(Cl)cc(N=NC(C(C)=O)C(=O)Nc4cccc(OC)c4OC)cc3Cl)cc2)C(C)=O)c1OC. The summed E-state index contributed by atoms with van der Waals surface area (Å²) in [5.74, 6) is -1.17. The van der Waals surface area contributed by atoms with E-state index < -0.39 is 35.5 Å². The van der Waals surface area contributed by atoms with Crippen molar-refractivity contribution in [2.45, 2.75) is 25.9 Å². The molecule has 270 valence electrons. The number of halogens is 2. The fourth-order valence-electron chi connectivity index (χ4n) is 4.85. The van der Waals surface area contributed by atoms with Crippen LogP contribution in [0, 0.1) is 0 Å². The molecule has 0 aliphatic carbocycles. The molecule has 0 heterocycles. The van der Waals surface area contributed by atoms with Gasteiger partial charge in [0, 0.05) is 5.56 Å². The minimum absolute atomic E-state index is 0.197. The third-order valence-corrected chi connectivity index (χ3v) is 7.94. The average Bonchev–Trinajstić information content (AvgIpc) is 3.11. The summed E-state index contributed by atoms with van der Waals surface area (Å²) in [6.07, 6.45) is 0. The fourth-order valence-corrected chi connectivity index (χ4v) is 5.54. The smallest absolute Gasteiger partial charge is 0.258 e. The van der Waals surface area contributed by atoms with E-state index in [0.29, 0.717) is 34.0 Å². The van der Waals surface area contributed by atoms with E-state index >= 15 is 0 Å². The summed E-state index contributed by atoms with van der Waals surface area (Å²) in [6, 6.07) is 16.4. The number of anilines is 2. The van der Waals surface area contributed by atoms with Crippen LogP contribution in [0.3, 0.4) is 0 Å². The summed E-state index contributed by atoms with van der Waals surface area (Å²) >= 11 is 13.2. The number of amides is 2. The number of hydrogen-bond acceptors (Lipinski definition) is 12. The van der Waals surface area contributed by atoms with Crippen LogP contribution in [0.25, 0.3) is 11.1 Å². The van der Waals surface area contributed by atoms with E-state index in [0.717, 1.165) is 0 Å². The second-order valence-electron chi connectivity index (χ2n) is 10.8. The molecule has 4 aromatic rings. The summed E-state index contributed by atoms with van der Waals surface area (Å²) in [5, 5.41) is 21.8. The maximum atomic E-state index is 13.0. The predicted molar refractivity (Wildman–Crippen MR) is 196 cm³/mol. The molecule has 0 aliphatic heterocycles. The molecule has 0 spiro atoms. The topological polar surface area (TPSA) is 179 Å². The monoisotopic (exact) mass is 748 g/mol. The first-order chi connectivity index (χ1) is 24.9. The number of rotatable bonds is 15. The minimum Gasteiger partial charge on any atom is -0.493 e. The first-order valence-corrected chi connectivity index (χ1v) is 16.1. The van der Waals surface area contributed by atoms with Crippen LogP contribution in [0.4, 0.5) is 22.7 Å². The lowest BCUT2D eigenvalue weighted by Crippen LogP contribution is -2.32. The Balaban J connectivity index is 1.49. The first kappa shape index (κ1) is 38.9. The Hall–Kier alpha value is -5.86. The highest BCUT2D eigenvalue weighted by atomic mass is 35.5. The maximum Gasteiger partial charge on any atom is 0.258 e. The molecular weight excluding hydrogens is 715 g/mol. The molecule has 4 rings (SSSR count). The Labute approximate surface area is 309 Å². The standard InChI is InChI=1S/C36H34Cl2N6O8/c1-19(45)31(35(47)39-26-9-7-11-28(49-3)33(26)51-5)43-41-22-15-13-21(14-16-22)30-24(37)17-23(18-25(30)38)42-44-32(20(2)46)36(48)40-27-10-8-12-29(50-4)34(27)52-6/h7-18,31-32H,1-6H3,(H,39,47)(H,40,48). The molecular formula is C36H34Cl2N6O8. The molecule has 0 bridgehead atoms.